The van der Waals surface area contributed by atoms with Gasteiger partial charge in [-0.3, -0.25) is 4.90 Å². The molecule has 2 nitrogen and oxygen atoms in total. The first-order chi connectivity index (χ1) is 10.1. The van der Waals surface area contributed by atoms with Crippen LogP contribution in [0.5, 0.6) is 0 Å². The quantitative estimate of drug-likeness (QED) is 0.895. The van der Waals surface area contributed by atoms with E-state index >= 15 is 0 Å². The number of nitrogens with zero attached hydrogens (tertiary/aromatic N) is 1. The maximum atomic E-state index is 14.2. The lowest BCUT2D eigenvalue weighted by Crippen LogP contribution is -2.36. The minimum atomic E-state index is -0.325. The van der Waals surface area contributed by atoms with Crippen LogP contribution in [0.1, 0.15) is 37.3 Å². The summed E-state index contributed by atoms with van der Waals surface area (Å²) in [6, 6.07) is 5.09. The molecule has 1 aromatic rings. The molecule has 4 unspecified atom stereocenters. The van der Waals surface area contributed by atoms with Crippen LogP contribution in [0.3, 0.4) is 0 Å². The van der Waals surface area contributed by atoms with E-state index in [-0.39, 0.29) is 16.9 Å². The summed E-state index contributed by atoms with van der Waals surface area (Å²) in [5.74, 6) is 2.24. The van der Waals surface area contributed by atoms with Gasteiger partial charge in [-0.15, -0.1) is 0 Å². The van der Waals surface area contributed by atoms with E-state index in [0.29, 0.717) is 12.1 Å². The molecule has 0 radical (unpaired) electrons. The van der Waals surface area contributed by atoms with Crippen LogP contribution in [0.25, 0.3) is 0 Å². The molecule has 116 valence electrons. The summed E-state index contributed by atoms with van der Waals surface area (Å²) in [6.45, 7) is 1.42. The fourth-order valence-electron chi connectivity index (χ4n) is 4.42. The molecule has 4 atom stereocenters. The van der Waals surface area contributed by atoms with Crippen molar-refractivity contribution >= 4 is 11.6 Å². The molecule has 2 aliphatic carbocycles. The number of halogens is 2. The number of rotatable bonds is 5. The maximum absolute atomic E-state index is 14.2. The van der Waals surface area contributed by atoms with Gasteiger partial charge < -0.3 is 5.73 Å². The van der Waals surface area contributed by atoms with Crippen LogP contribution in [0.2, 0.25) is 5.02 Å². The summed E-state index contributed by atoms with van der Waals surface area (Å²) in [4.78, 5) is 2.22. The predicted molar refractivity (Wildman–Crippen MR) is 84.8 cm³/mol. The molecule has 0 aromatic heterocycles. The Morgan fingerprint density at radius 1 is 1.38 bits per heavy atom. The fraction of sp³-hybridized carbons (Fsp3) is 0.647. The molecule has 0 heterocycles. The van der Waals surface area contributed by atoms with Gasteiger partial charge in [0.25, 0.3) is 0 Å². The van der Waals surface area contributed by atoms with E-state index in [2.05, 4.69) is 11.9 Å². The zero-order valence-corrected chi connectivity index (χ0v) is 13.3. The first kappa shape index (κ1) is 15.3. The Hall–Kier alpha value is -0.640. The van der Waals surface area contributed by atoms with Crippen molar-refractivity contribution in [2.75, 3.05) is 20.1 Å². The molecule has 2 aliphatic rings. The maximum Gasteiger partial charge on any atom is 0.146 e. The molecular weight excluding hydrogens is 287 g/mol. The Morgan fingerprint density at radius 2 is 2.19 bits per heavy atom. The smallest absolute Gasteiger partial charge is 0.146 e. The molecule has 0 saturated heterocycles. The molecule has 1 aromatic carbocycles. The molecule has 2 N–H and O–H groups in total. The van der Waals surface area contributed by atoms with Crippen LogP contribution in [0, 0.1) is 23.6 Å². The van der Waals surface area contributed by atoms with Crippen molar-refractivity contribution in [3.8, 4) is 0 Å². The van der Waals surface area contributed by atoms with Gasteiger partial charge in [0, 0.05) is 24.7 Å². The lowest BCUT2D eigenvalue weighted by atomic mass is 9.88. The van der Waals surface area contributed by atoms with E-state index in [1.165, 1.54) is 25.7 Å². The van der Waals surface area contributed by atoms with Gasteiger partial charge in [-0.2, -0.15) is 0 Å². The van der Waals surface area contributed by atoms with Crippen molar-refractivity contribution in [1.82, 2.24) is 4.90 Å². The Bertz CT molecular complexity index is 508. The van der Waals surface area contributed by atoms with E-state index < -0.39 is 0 Å². The minimum Gasteiger partial charge on any atom is -0.329 e. The second-order valence-corrected chi connectivity index (χ2v) is 7.18. The zero-order valence-electron chi connectivity index (χ0n) is 12.6. The lowest BCUT2D eigenvalue weighted by Gasteiger charge is -2.33. The number of hydrogen-bond donors (Lipinski definition) is 1. The van der Waals surface area contributed by atoms with Crippen molar-refractivity contribution in [1.29, 1.82) is 0 Å². The molecule has 3 rings (SSSR count). The summed E-state index contributed by atoms with van der Waals surface area (Å²) >= 11 is 5.91. The Labute approximate surface area is 131 Å². The summed E-state index contributed by atoms with van der Waals surface area (Å²) in [7, 11) is 2.06. The van der Waals surface area contributed by atoms with E-state index in [0.717, 1.165) is 24.3 Å². The SMILES string of the molecule is CN(CC1CC2CCC1C2)C(CN)c1cccc(Cl)c1F. The van der Waals surface area contributed by atoms with Crippen LogP contribution in [0.4, 0.5) is 4.39 Å². The molecule has 21 heavy (non-hydrogen) atoms. The standard InChI is InChI=1S/C17H24ClFN2/c1-21(10-13-8-11-5-6-12(13)7-11)16(9-20)14-3-2-4-15(18)17(14)19/h2-4,11-13,16H,5-10,20H2,1H3. The summed E-state index contributed by atoms with van der Waals surface area (Å²) in [5, 5.41) is 0.180. The van der Waals surface area contributed by atoms with Gasteiger partial charge in [0.05, 0.1) is 5.02 Å². The monoisotopic (exact) mass is 310 g/mol. The third-order valence-corrected chi connectivity index (χ3v) is 5.79. The van der Waals surface area contributed by atoms with Crippen molar-refractivity contribution in [2.24, 2.45) is 23.5 Å². The number of likely N-dealkylation sites (N-methyl/N-ethyl adjacent to an activating group) is 1. The van der Waals surface area contributed by atoms with Crippen molar-refractivity contribution in [3.63, 3.8) is 0 Å². The van der Waals surface area contributed by atoms with Crippen LogP contribution in [-0.4, -0.2) is 25.0 Å². The normalized spacial score (nSPS) is 29.3. The van der Waals surface area contributed by atoms with Gasteiger partial charge >= 0.3 is 0 Å². The highest BCUT2D eigenvalue weighted by Crippen LogP contribution is 2.48. The topological polar surface area (TPSA) is 29.3 Å². The number of benzene rings is 1. The third kappa shape index (κ3) is 2.96. The lowest BCUT2D eigenvalue weighted by molar-refractivity contribution is 0.173. The highest BCUT2D eigenvalue weighted by Gasteiger charge is 2.40. The van der Waals surface area contributed by atoms with E-state index in [9.17, 15) is 4.39 Å². The third-order valence-electron chi connectivity index (χ3n) is 5.50. The molecule has 0 spiro atoms. The first-order valence-corrected chi connectivity index (χ1v) is 8.32. The van der Waals surface area contributed by atoms with Crippen LogP contribution < -0.4 is 5.73 Å². The number of hydrogen-bond acceptors (Lipinski definition) is 2. The Kier molecular flexibility index (Phi) is 4.53. The zero-order chi connectivity index (χ0) is 15.0. The van der Waals surface area contributed by atoms with Gasteiger partial charge in [-0.1, -0.05) is 30.2 Å². The van der Waals surface area contributed by atoms with Gasteiger partial charge in [0.1, 0.15) is 5.82 Å². The second kappa shape index (κ2) is 6.23. The Morgan fingerprint density at radius 3 is 2.81 bits per heavy atom. The predicted octanol–water partition coefficient (Wildman–Crippen LogP) is 3.85. The van der Waals surface area contributed by atoms with E-state index in [4.69, 9.17) is 17.3 Å². The van der Waals surface area contributed by atoms with Crippen LogP contribution in [-0.2, 0) is 0 Å². The van der Waals surface area contributed by atoms with Gasteiger partial charge in [-0.05, 0) is 50.1 Å². The second-order valence-electron chi connectivity index (χ2n) is 6.77. The molecule has 0 aliphatic heterocycles. The first-order valence-electron chi connectivity index (χ1n) is 7.94. The van der Waals surface area contributed by atoms with Gasteiger partial charge in [-0.25, -0.2) is 4.39 Å². The molecule has 2 fully saturated rings. The number of fused-ring (bicyclic) bond motifs is 2. The van der Waals surface area contributed by atoms with Gasteiger partial charge in [0.15, 0.2) is 0 Å². The fourth-order valence-corrected chi connectivity index (χ4v) is 4.60. The van der Waals surface area contributed by atoms with Crippen LogP contribution >= 0.6 is 11.6 Å². The largest absolute Gasteiger partial charge is 0.329 e. The summed E-state index contributed by atoms with van der Waals surface area (Å²) in [5.41, 5.74) is 6.54. The molecule has 2 saturated carbocycles. The van der Waals surface area contributed by atoms with Crippen LogP contribution in [0.15, 0.2) is 18.2 Å². The highest BCUT2D eigenvalue weighted by atomic mass is 35.5. The van der Waals surface area contributed by atoms with Crippen molar-refractivity contribution < 1.29 is 4.39 Å². The van der Waals surface area contributed by atoms with Crippen molar-refractivity contribution in [3.05, 3.63) is 34.6 Å². The molecular formula is C17H24ClFN2. The molecule has 2 bridgehead atoms. The highest BCUT2D eigenvalue weighted by molar-refractivity contribution is 6.30. The minimum absolute atomic E-state index is 0.0946. The molecule has 0 amide bonds. The van der Waals surface area contributed by atoms with E-state index in [1.54, 1.807) is 18.2 Å². The summed E-state index contributed by atoms with van der Waals surface area (Å²) < 4.78 is 14.2. The van der Waals surface area contributed by atoms with Crippen molar-refractivity contribution in [2.45, 2.75) is 31.7 Å². The Balaban J connectivity index is 1.72. The summed E-state index contributed by atoms with van der Waals surface area (Å²) in [6.07, 6.45) is 5.53. The van der Waals surface area contributed by atoms with Gasteiger partial charge in [0.2, 0.25) is 0 Å². The number of nitrogens with two attached hydrogens (primary N) is 1. The van der Waals surface area contributed by atoms with E-state index in [1.807, 2.05) is 0 Å². The average molecular weight is 311 g/mol. The molecule has 4 heteroatoms. The average Bonchev–Trinajstić information content (AvgIpc) is 3.06.